The van der Waals surface area contributed by atoms with E-state index in [9.17, 15) is 10.0 Å². The molecule has 0 bridgehead atoms. The van der Waals surface area contributed by atoms with E-state index in [1.165, 1.54) is 0 Å². The average molecular weight is 452 g/mol. The maximum atomic E-state index is 13.7. The van der Waals surface area contributed by atoms with E-state index < -0.39 is 5.41 Å². The van der Waals surface area contributed by atoms with Crippen LogP contribution in [0, 0.1) is 0 Å². The first kappa shape index (κ1) is 20.1. The van der Waals surface area contributed by atoms with Crippen molar-refractivity contribution in [2.24, 2.45) is 5.16 Å². The normalized spacial score (nSPS) is 24.7. The Hall–Kier alpha value is -2.82. The molecule has 5 rings (SSSR count). The predicted octanol–water partition coefficient (Wildman–Crippen LogP) is 6.34. The molecule has 3 aromatic rings. The van der Waals surface area contributed by atoms with Crippen molar-refractivity contribution >= 4 is 34.9 Å². The molecule has 1 spiro atoms. The number of hydrogen-bond acceptors (Lipinski definition) is 4. The van der Waals surface area contributed by atoms with Gasteiger partial charge in [-0.05, 0) is 54.3 Å². The topological polar surface area (TPSA) is 58.9 Å². The molecule has 156 valence electrons. The van der Waals surface area contributed by atoms with Gasteiger partial charge in [0, 0.05) is 27.4 Å². The van der Waals surface area contributed by atoms with Gasteiger partial charge >= 0.3 is 5.97 Å². The highest BCUT2D eigenvalue weighted by Gasteiger charge is 2.62. The monoisotopic (exact) mass is 451 g/mol. The molecule has 0 radical (unpaired) electrons. The molecule has 1 N–H and O–H groups in total. The Morgan fingerprint density at radius 2 is 1.45 bits per heavy atom. The Labute approximate surface area is 190 Å². The van der Waals surface area contributed by atoms with Gasteiger partial charge in [0.25, 0.3) is 0 Å². The molecule has 4 nitrogen and oxygen atoms in total. The summed E-state index contributed by atoms with van der Waals surface area (Å²) in [6.45, 7) is 0. The van der Waals surface area contributed by atoms with Crippen LogP contribution in [0.1, 0.15) is 41.4 Å². The van der Waals surface area contributed by atoms with E-state index in [0.717, 1.165) is 16.7 Å². The number of para-hydroxylation sites is 1. The quantitative estimate of drug-likeness (QED) is 0.214. The molecule has 3 aromatic carbocycles. The Morgan fingerprint density at radius 3 is 2.00 bits per heavy atom. The number of oxime groups is 1. The van der Waals surface area contributed by atoms with Crippen molar-refractivity contribution in [2.75, 3.05) is 0 Å². The van der Waals surface area contributed by atoms with E-state index in [0.29, 0.717) is 34.3 Å². The third-order valence-corrected chi connectivity index (χ3v) is 6.97. The van der Waals surface area contributed by atoms with E-state index in [4.69, 9.17) is 27.9 Å². The second-order valence-electron chi connectivity index (χ2n) is 8.04. The summed E-state index contributed by atoms with van der Waals surface area (Å²) in [4.78, 5) is 13.7. The number of ether oxygens (including phenoxy) is 1. The Balaban J connectivity index is 1.82. The van der Waals surface area contributed by atoms with Crippen LogP contribution in [0.2, 0.25) is 10.0 Å². The van der Waals surface area contributed by atoms with Crippen molar-refractivity contribution in [3.63, 3.8) is 0 Å². The van der Waals surface area contributed by atoms with Crippen molar-refractivity contribution in [1.82, 2.24) is 0 Å². The van der Waals surface area contributed by atoms with Gasteiger partial charge in [0.2, 0.25) is 0 Å². The zero-order chi connectivity index (χ0) is 21.6. The van der Waals surface area contributed by atoms with Crippen LogP contribution in [0.4, 0.5) is 0 Å². The van der Waals surface area contributed by atoms with Crippen LogP contribution >= 0.6 is 23.2 Å². The number of hydrogen-bond donors (Lipinski definition) is 1. The van der Waals surface area contributed by atoms with E-state index in [1.54, 1.807) is 12.1 Å². The Bertz CT molecular complexity index is 1150. The van der Waals surface area contributed by atoms with Gasteiger partial charge in [-0.2, -0.15) is 0 Å². The number of fused-ring (bicyclic) bond motifs is 2. The van der Waals surface area contributed by atoms with Crippen LogP contribution < -0.4 is 4.74 Å². The van der Waals surface area contributed by atoms with Crippen LogP contribution in [-0.2, 0) is 10.2 Å². The molecule has 0 amide bonds. The Morgan fingerprint density at radius 1 is 0.871 bits per heavy atom. The fourth-order valence-corrected chi connectivity index (χ4v) is 5.66. The van der Waals surface area contributed by atoms with Gasteiger partial charge in [-0.15, -0.1) is 0 Å². The number of rotatable bonds is 2. The first-order valence-corrected chi connectivity index (χ1v) is 10.8. The predicted molar refractivity (Wildman–Crippen MR) is 121 cm³/mol. The van der Waals surface area contributed by atoms with E-state index in [2.05, 4.69) is 5.16 Å². The highest BCUT2D eigenvalue weighted by atomic mass is 35.5. The van der Waals surface area contributed by atoms with Crippen LogP contribution in [-0.4, -0.2) is 16.9 Å². The molecule has 1 aliphatic carbocycles. The number of nitrogens with zero attached hydrogens (tertiary/aromatic N) is 1. The average Bonchev–Trinajstić information content (AvgIpc) is 3.06. The Kier molecular flexibility index (Phi) is 4.99. The second-order valence-corrected chi connectivity index (χ2v) is 8.92. The SMILES string of the molecule is O=C1Oc2ccccc2C12[C@@H](c1cccc(Cl)c1)CC(=NO)C[C@@H]2c1cccc(Cl)c1. The van der Waals surface area contributed by atoms with E-state index >= 15 is 0 Å². The molecule has 0 saturated heterocycles. The number of carbonyl (C=O) groups excluding carboxylic acids is 1. The summed E-state index contributed by atoms with van der Waals surface area (Å²) in [6, 6.07) is 22.6. The van der Waals surface area contributed by atoms with Crippen molar-refractivity contribution in [3.05, 3.63) is 99.5 Å². The van der Waals surface area contributed by atoms with E-state index in [1.807, 2.05) is 60.7 Å². The molecule has 1 saturated carbocycles. The largest absolute Gasteiger partial charge is 0.426 e. The van der Waals surface area contributed by atoms with Crippen molar-refractivity contribution in [1.29, 1.82) is 0 Å². The number of carbonyl (C=O) groups is 1. The maximum Gasteiger partial charge on any atom is 0.323 e. The van der Waals surface area contributed by atoms with Gasteiger partial charge in [0.05, 0.1) is 5.71 Å². The minimum Gasteiger partial charge on any atom is -0.426 e. The molecular formula is C25H19Cl2NO3. The summed E-state index contributed by atoms with van der Waals surface area (Å²) in [5, 5.41) is 14.5. The molecule has 2 atom stereocenters. The minimum atomic E-state index is -1.000. The molecule has 1 fully saturated rings. The lowest BCUT2D eigenvalue weighted by atomic mass is 9.54. The van der Waals surface area contributed by atoms with Crippen molar-refractivity contribution < 1.29 is 14.7 Å². The summed E-state index contributed by atoms with van der Waals surface area (Å²) < 4.78 is 5.83. The molecule has 0 unspecified atom stereocenters. The van der Waals surface area contributed by atoms with Crippen LogP contribution in [0.15, 0.2) is 78.0 Å². The van der Waals surface area contributed by atoms with Gasteiger partial charge in [-0.25, -0.2) is 0 Å². The molecular weight excluding hydrogens is 433 g/mol. The summed E-state index contributed by atoms with van der Waals surface area (Å²) in [6.07, 6.45) is 0.828. The third kappa shape index (κ3) is 3.13. The van der Waals surface area contributed by atoms with Crippen molar-refractivity contribution in [3.8, 4) is 5.75 Å². The molecule has 0 aromatic heterocycles. The summed E-state index contributed by atoms with van der Waals surface area (Å²) >= 11 is 12.7. The molecule has 1 heterocycles. The minimum absolute atomic E-state index is 0.305. The lowest BCUT2D eigenvalue weighted by molar-refractivity contribution is -0.140. The third-order valence-electron chi connectivity index (χ3n) is 6.50. The molecule has 6 heteroatoms. The number of benzene rings is 3. The van der Waals surface area contributed by atoms with Gasteiger partial charge in [0.15, 0.2) is 0 Å². The first-order chi connectivity index (χ1) is 15.0. The molecule has 2 aliphatic rings. The maximum absolute atomic E-state index is 13.7. The van der Waals surface area contributed by atoms with Gasteiger partial charge in [-0.3, -0.25) is 4.79 Å². The summed E-state index contributed by atoms with van der Waals surface area (Å²) in [5.74, 6) is -0.395. The van der Waals surface area contributed by atoms with Gasteiger partial charge < -0.3 is 9.94 Å². The van der Waals surface area contributed by atoms with Crippen LogP contribution in [0.3, 0.4) is 0 Å². The van der Waals surface area contributed by atoms with Crippen molar-refractivity contribution in [2.45, 2.75) is 30.1 Å². The number of esters is 1. The van der Waals surface area contributed by atoms with Crippen LogP contribution in [0.5, 0.6) is 5.75 Å². The van der Waals surface area contributed by atoms with Gasteiger partial charge in [-0.1, -0.05) is 70.8 Å². The highest BCUT2D eigenvalue weighted by Crippen LogP contribution is 2.60. The molecule has 1 aliphatic heterocycles. The zero-order valence-corrected chi connectivity index (χ0v) is 18.0. The fraction of sp³-hybridized carbons (Fsp3) is 0.200. The van der Waals surface area contributed by atoms with Gasteiger partial charge in [0.1, 0.15) is 11.2 Å². The first-order valence-electron chi connectivity index (χ1n) is 10.1. The smallest absolute Gasteiger partial charge is 0.323 e. The second kappa shape index (κ2) is 7.70. The summed E-state index contributed by atoms with van der Waals surface area (Å²) in [5.41, 5.74) is 2.26. The number of halogens is 2. The standard InChI is InChI=1S/C25H19Cl2NO3/c26-17-7-3-5-15(11-17)21-13-19(28-30)14-22(16-6-4-8-18(27)12-16)25(21)20-9-1-2-10-23(20)31-24(25)29/h1-12,21-22,30H,13-14H2/t21-,22-,25?/m1/s1. The highest BCUT2D eigenvalue weighted by molar-refractivity contribution is 6.31. The zero-order valence-electron chi connectivity index (χ0n) is 16.5. The molecule has 31 heavy (non-hydrogen) atoms. The van der Waals surface area contributed by atoms with Crippen LogP contribution in [0.25, 0.3) is 0 Å². The van der Waals surface area contributed by atoms with E-state index in [-0.39, 0.29) is 17.8 Å². The lowest BCUT2D eigenvalue weighted by Crippen LogP contribution is -2.49. The summed E-state index contributed by atoms with van der Waals surface area (Å²) in [7, 11) is 0. The fourth-order valence-electron chi connectivity index (χ4n) is 5.26. The lowest BCUT2D eigenvalue weighted by Gasteiger charge is -2.45.